The zero-order valence-corrected chi connectivity index (χ0v) is 8.86. The SMILES string of the molecule is CNc1ccc(-c2ncccn2)c(C)c1. The molecule has 3 heteroatoms. The number of aryl methyl sites for hydroxylation is 1. The van der Waals surface area contributed by atoms with Crippen LogP contribution in [0.4, 0.5) is 5.69 Å². The Bertz CT molecular complexity index is 452. The first kappa shape index (κ1) is 9.65. The van der Waals surface area contributed by atoms with Gasteiger partial charge in [-0.3, -0.25) is 0 Å². The van der Waals surface area contributed by atoms with Gasteiger partial charge in [-0.1, -0.05) is 0 Å². The van der Waals surface area contributed by atoms with E-state index in [-0.39, 0.29) is 0 Å². The highest BCUT2D eigenvalue weighted by Gasteiger charge is 2.03. The smallest absolute Gasteiger partial charge is 0.159 e. The van der Waals surface area contributed by atoms with Crippen LogP contribution in [-0.2, 0) is 0 Å². The van der Waals surface area contributed by atoms with Gasteiger partial charge in [-0.2, -0.15) is 0 Å². The number of aromatic nitrogens is 2. The van der Waals surface area contributed by atoms with Gasteiger partial charge in [0.25, 0.3) is 0 Å². The number of hydrogen-bond acceptors (Lipinski definition) is 3. The molecule has 1 aromatic carbocycles. The molecule has 0 saturated heterocycles. The molecule has 2 aromatic rings. The van der Waals surface area contributed by atoms with Crippen molar-refractivity contribution in [1.82, 2.24) is 9.97 Å². The Hall–Kier alpha value is -1.90. The molecule has 76 valence electrons. The quantitative estimate of drug-likeness (QED) is 0.807. The first-order chi connectivity index (χ1) is 7.31. The van der Waals surface area contributed by atoms with Gasteiger partial charge in [0.2, 0.25) is 0 Å². The van der Waals surface area contributed by atoms with Crippen LogP contribution >= 0.6 is 0 Å². The van der Waals surface area contributed by atoms with E-state index < -0.39 is 0 Å². The van der Waals surface area contributed by atoms with Crippen molar-refractivity contribution in [2.75, 3.05) is 12.4 Å². The largest absolute Gasteiger partial charge is 0.388 e. The van der Waals surface area contributed by atoms with E-state index in [2.05, 4.69) is 28.3 Å². The Morgan fingerprint density at radius 3 is 2.47 bits per heavy atom. The average molecular weight is 199 g/mol. The maximum absolute atomic E-state index is 4.23. The monoisotopic (exact) mass is 199 g/mol. The zero-order valence-electron chi connectivity index (χ0n) is 8.86. The van der Waals surface area contributed by atoms with Crippen LogP contribution in [0.25, 0.3) is 11.4 Å². The molecule has 0 amide bonds. The fourth-order valence-corrected chi connectivity index (χ4v) is 1.51. The van der Waals surface area contributed by atoms with E-state index in [1.54, 1.807) is 12.4 Å². The molecule has 15 heavy (non-hydrogen) atoms. The first-order valence-corrected chi connectivity index (χ1v) is 4.87. The fourth-order valence-electron chi connectivity index (χ4n) is 1.51. The van der Waals surface area contributed by atoms with E-state index >= 15 is 0 Å². The Morgan fingerprint density at radius 1 is 1.13 bits per heavy atom. The number of nitrogens with one attached hydrogen (secondary N) is 1. The topological polar surface area (TPSA) is 37.8 Å². The lowest BCUT2D eigenvalue weighted by atomic mass is 10.1. The van der Waals surface area contributed by atoms with Gasteiger partial charge < -0.3 is 5.32 Å². The summed E-state index contributed by atoms with van der Waals surface area (Å²) in [5.41, 5.74) is 3.36. The lowest BCUT2D eigenvalue weighted by Crippen LogP contribution is -1.93. The van der Waals surface area contributed by atoms with Crippen molar-refractivity contribution in [2.45, 2.75) is 6.92 Å². The van der Waals surface area contributed by atoms with Crippen molar-refractivity contribution in [1.29, 1.82) is 0 Å². The fraction of sp³-hybridized carbons (Fsp3) is 0.167. The molecule has 0 spiro atoms. The third kappa shape index (κ3) is 1.96. The molecule has 0 atom stereocenters. The van der Waals surface area contributed by atoms with Crippen molar-refractivity contribution in [3.8, 4) is 11.4 Å². The summed E-state index contributed by atoms with van der Waals surface area (Å²) in [6.07, 6.45) is 3.52. The highest BCUT2D eigenvalue weighted by molar-refractivity contribution is 5.64. The Morgan fingerprint density at radius 2 is 1.87 bits per heavy atom. The van der Waals surface area contributed by atoms with Gasteiger partial charge >= 0.3 is 0 Å². The summed E-state index contributed by atoms with van der Waals surface area (Å²) in [4.78, 5) is 8.47. The number of anilines is 1. The van der Waals surface area contributed by atoms with Crippen LogP contribution in [0.2, 0.25) is 0 Å². The molecule has 0 saturated carbocycles. The minimum Gasteiger partial charge on any atom is -0.388 e. The van der Waals surface area contributed by atoms with E-state index in [4.69, 9.17) is 0 Å². The molecule has 1 aromatic heterocycles. The summed E-state index contributed by atoms with van der Waals surface area (Å²) in [7, 11) is 1.91. The standard InChI is InChI=1S/C12H13N3/c1-9-8-10(13-2)4-5-11(9)12-14-6-3-7-15-12/h3-8,13H,1-2H3. The van der Waals surface area contributed by atoms with Crippen LogP contribution in [0, 0.1) is 6.92 Å². The zero-order chi connectivity index (χ0) is 10.7. The second kappa shape index (κ2) is 4.09. The maximum atomic E-state index is 4.23. The summed E-state index contributed by atoms with van der Waals surface area (Å²) in [6, 6.07) is 7.97. The minimum atomic E-state index is 0.776. The molecule has 0 bridgehead atoms. The van der Waals surface area contributed by atoms with Gasteiger partial charge in [0.05, 0.1) is 0 Å². The number of nitrogens with zero attached hydrogens (tertiary/aromatic N) is 2. The summed E-state index contributed by atoms with van der Waals surface area (Å²) < 4.78 is 0. The number of hydrogen-bond donors (Lipinski definition) is 1. The first-order valence-electron chi connectivity index (χ1n) is 4.87. The van der Waals surface area contributed by atoms with Crippen molar-refractivity contribution in [3.63, 3.8) is 0 Å². The second-order valence-electron chi connectivity index (χ2n) is 3.35. The van der Waals surface area contributed by atoms with Gasteiger partial charge in [-0.05, 0) is 36.8 Å². The lowest BCUT2D eigenvalue weighted by molar-refractivity contribution is 1.17. The van der Waals surface area contributed by atoms with Crippen LogP contribution in [0.1, 0.15) is 5.56 Å². The van der Waals surface area contributed by atoms with Gasteiger partial charge in [0.1, 0.15) is 0 Å². The van der Waals surface area contributed by atoms with Crippen molar-refractivity contribution >= 4 is 5.69 Å². The second-order valence-corrected chi connectivity index (χ2v) is 3.35. The van der Waals surface area contributed by atoms with Gasteiger partial charge in [-0.15, -0.1) is 0 Å². The molecule has 1 heterocycles. The molecule has 2 rings (SSSR count). The molecule has 0 aliphatic carbocycles. The summed E-state index contributed by atoms with van der Waals surface area (Å²) >= 11 is 0. The predicted octanol–water partition coefficient (Wildman–Crippen LogP) is 2.49. The highest BCUT2D eigenvalue weighted by Crippen LogP contribution is 2.22. The van der Waals surface area contributed by atoms with Gasteiger partial charge in [0, 0.05) is 30.7 Å². The molecule has 0 fully saturated rings. The third-order valence-electron chi connectivity index (χ3n) is 2.32. The Labute approximate surface area is 89.2 Å². The number of benzene rings is 1. The van der Waals surface area contributed by atoms with Gasteiger partial charge in [0.15, 0.2) is 5.82 Å². The Balaban J connectivity index is 2.46. The van der Waals surface area contributed by atoms with E-state index in [1.165, 1.54) is 5.56 Å². The van der Waals surface area contributed by atoms with Crippen LogP contribution in [-0.4, -0.2) is 17.0 Å². The highest BCUT2D eigenvalue weighted by atomic mass is 14.9. The van der Waals surface area contributed by atoms with Crippen molar-refractivity contribution in [3.05, 3.63) is 42.2 Å². The Kier molecular flexibility index (Phi) is 2.63. The van der Waals surface area contributed by atoms with Crippen molar-refractivity contribution in [2.24, 2.45) is 0 Å². The van der Waals surface area contributed by atoms with Crippen LogP contribution in [0.5, 0.6) is 0 Å². The number of rotatable bonds is 2. The normalized spacial score (nSPS) is 10.0. The maximum Gasteiger partial charge on any atom is 0.159 e. The third-order valence-corrected chi connectivity index (χ3v) is 2.32. The van der Waals surface area contributed by atoms with E-state index in [1.807, 2.05) is 25.2 Å². The lowest BCUT2D eigenvalue weighted by Gasteiger charge is -2.06. The van der Waals surface area contributed by atoms with E-state index in [0.29, 0.717) is 0 Å². The molecule has 3 nitrogen and oxygen atoms in total. The predicted molar refractivity (Wildman–Crippen MR) is 61.8 cm³/mol. The molecule has 0 unspecified atom stereocenters. The molecule has 0 aliphatic heterocycles. The summed E-state index contributed by atoms with van der Waals surface area (Å²) in [6.45, 7) is 2.06. The molecular formula is C12H13N3. The van der Waals surface area contributed by atoms with Crippen LogP contribution in [0.15, 0.2) is 36.7 Å². The van der Waals surface area contributed by atoms with Crippen molar-refractivity contribution < 1.29 is 0 Å². The molecule has 1 N–H and O–H groups in total. The van der Waals surface area contributed by atoms with Crippen LogP contribution < -0.4 is 5.32 Å². The molecule has 0 radical (unpaired) electrons. The molecular weight excluding hydrogens is 186 g/mol. The van der Waals surface area contributed by atoms with Crippen LogP contribution in [0.3, 0.4) is 0 Å². The van der Waals surface area contributed by atoms with E-state index in [0.717, 1.165) is 17.1 Å². The summed E-state index contributed by atoms with van der Waals surface area (Å²) in [5.74, 6) is 0.776. The summed E-state index contributed by atoms with van der Waals surface area (Å²) in [5, 5.41) is 3.11. The van der Waals surface area contributed by atoms with Gasteiger partial charge in [-0.25, -0.2) is 9.97 Å². The van der Waals surface area contributed by atoms with E-state index in [9.17, 15) is 0 Å². The minimum absolute atomic E-state index is 0.776. The molecule has 0 aliphatic rings. The average Bonchev–Trinajstić information content (AvgIpc) is 2.30.